The van der Waals surface area contributed by atoms with E-state index >= 15 is 0 Å². The third kappa shape index (κ3) is 2.30. The molecule has 0 atom stereocenters. The summed E-state index contributed by atoms with van der Waals surface area (Å²) in [5.74, 6) is -0.0638. The molecule has 0 saturated carbocycles. The number of carbonyl (C=O) groups excluding carboxylic acids is 1. The first-order valence-electron chi connectivity index (χ1n) is 6.64. The zero-order valence-corrected chi connectivity index (χ0v) is 11.3. The Morgan fingerprint density at radius 2 is 1.95 bits per heavy atom. The molecule has 3 rings (SSSR count). The molecule has 1 amide bonds. The molecule has 2 aromatic carbocycles. The van der Waals surface area contributed by atoms with Crippen molar-refractivity contribution in [3.05, 3.63) is 71.4 Å². The smallest absolute Gasteiger partial charge is 0.251 e. The number of carbonyl (C=O) groups is 1. The molecule has 0 bridgehead atoms. The van der Waals surface area contributed by atoms with Gasteiger partial charge in [-0.25, -0.2) is 0 Å². The van der Waals surface area contributed by atoms with Crippen LogP contribution in [-0.2, 0) is 6.42 Å². The molecule has 1 aromatic heterocycles. The molecule has 0 aliphatic rings. The van der Waals surface area contributed by atoms with E-state index in [0.717, 1.165) is 11.9 Å². The van der Waals surface area contributed by atoms with Crippen LogP contribution in [0.5, 0.6) is 0 Å². The highest BCUT2D eigenvalue weighted by Gasteiger charge is 2.08. The summed E-state index contributed by atoms with van der Waals surface area (Å²) in [6, 6.07) is 16.1. The second kappa shape index (κ2) is 5.21. The Balaban J connectivity index is 1.96. The molecule has 0 fully saturated rings. The standard InChI is InChI=1S/C17H16N2O/c1-18-17(20)13-7-8-15-14(11-19-16(15)10-13)9-12-5-3-2-4-6-12/h2-8,10-11,19H,9H2,1H3,(H,18,20). The third-order valence-electron chi connectivity index (χ3n) is 3.49. The van der Waals surface area contributed by atoms with Crippen molar-refractivity contribution in [2.75, 3.05) is 7.05 Å². The van der Waals surface area contributed by atoms with E-state index in [2.05, 4.69) is 22.4 Å². The number of aromatic amines is 1. The van der Waals surface area contributed by atoms with Crippen LogP contribution in [0.1, 0.15) is 21.5 Å². The second-order valence-electron chi connectivity index (χ2n) is 4.82. The van der Waals surface area contributed by atoms with Crippen molar-refractivity contribution in [2.45, 2.75) is 6.42 Å². The maximum Gasteiger partial charge on any atom is 0.251 e. The maximum absolute atomic E-state index is 11.6. The van der Waals surface area contributed by atoms with Crippen molar-refractivity contribution in [3.8, 4) is 0 Å². The second-order valence-corrected chi connectivity index (χ2v) is 4.82. The van der Waals surface area contributed by atoms with Gasteiger partial charge < -0.3 is 10.3 Å². The summed E-state index contributed by atoms with van der Waals surface area (Å²) in [5.41, 5.74) is 4.20. The summed E-state index contributed by atoms with van der Waals surface area (Å²) in [6.07, 6.45) is 2.91. The van der Waals surface area contributed by atoms with Gasteiger partial charge in [-0.2, -0.15) is 0 Å². The van der Waals surface area contributed by atoms with E-state index in [-0.39, 0.29) is 5.91 Å². The van der Waals surface area contributed by atoms with Crippen molar-refractivity contribution < 1.29 is 4.79 Å². The average Bonchev–Trinajstić information content (AvgIpc) is 2.90. The Labute approximate surface area is 117 Å². The van der Waals surface area contributed by atoms with Crippen molar-refractivity contribution in [1.82, 2.24) is 10.3 Å². The fourth-order valence-corrected chi connectivity index (χ4v) is 2.43. The highest BCUT2D eigenvalue weighted by molar-refractivity contribution is 5.98. The quantitative estimate of drug-likeness (QED) is 0.750. The van der Waals surface area contributed by atoms with Crippen molar-refractivity contribution in [1.29, 1.82) is 0 Å². The van der Waals surface area contributed by atoms with Gasteiger partial charge in [0.25, 0.3) is 5.91 Å². The highest BCUT2D eigenvalue weighted by Crippen LogP contribution is 2.22. The summed E-state index contributed by atoms with van der Waals surface area (Å²) >= 11 is 0. The Hall–Kier alpha value is -2.55. The molecular weight excluding hydrogens is 248 g/mol. The van der Waals surface area contributed by atoms with Gasteiger partial charge in [0.05, 0.1) is 0 Å². The van der Waals surface area contributed by atoms with Crippen LogP contribution < -0.4 is 5.32 Å². The lowest BCUT2D eigenvalue weighted by Gasteiger charge is -2.02. The molecule has 1 heterocycles. The van der Waals surface area contributed by atoms with Crippen LogP contribution in [0.2, 0.25) is 0 Å². The Morgan fingerprint density at radius 3 is 2.70 bits per heavy atom. The first-order chi connectivity index (χ1) is 9.78. The number of hydrogen-bond donors (Lipinski definition) is 2. The number of nitrogens with one attached hydrogen (secondary N) is 2. The van der Waals surface area contributed by atoms with E-state index in [1.54, 1.807) is 7.05 Å². The van der Waals surface area contributed by atoms with Gasteiger partial charge >= 0.3 is 0 Å². The summed E-state index contributed by atoms with van der Waals surface area (Å²) < 4.78 is 0. The number of benzene rings is 2. The number of rotatable bonds is 3. The Bertz CT molecular complexity index is 744. The lowest BCUT2D eigenvalue weighted by Crippen LogP contribution is -2.17. The van der Waals surface area contributed by atoms with E-state index in [1.807, 2.05) is 42.6 Å². The van der Waals surface area contributed by atoms with Crippen LogP contribution in [0.4, 0.5) is 0 Å². The molecule has 3 nitrogen and oxygen atoms in total. The number of fused-ring (bicyclic) bond motifs is 1. The molecule has 0 saturated heterocycles. The molecule has 2 N–H and O–H groups in total. The lowest BCUT2D eigenvalue weighted by molar-refractivity contribution is 0.0963. The third-order valence-corrected chi connectivity index (χ3v) is 3.49. The van der Waals surface area contributed by atoms with Crippen molar-refractivity contribution >= 4 is 16.8 Å². The minimum atomic E-state index is -0.0638. The molecule has 3 heteroatoms. The van der Waals surface area contributed by atoms with E-state index in [1.165, 1.54) is 16.5 Å². The summed E-state index contributed by atoms with van der Waals surface area (Å²) in [7, 11) is 1.64. The van der Waals surface area contributed by atoms with E-state index in [0.29, 0.717) is 5.56 Å². The fourth-order valence-electron chi connectivity index (χ4n) is 2.43. The topological polar surface area (TPSA) is 44.9 Å². The van der Waals surface area contributed by atoms with Crippen molar-refractivity contribution in [3.63, 3.8) is 0 Å². The predicted molar refractivity (Wildman–Crippen MR) is 80.9 cm³/mol. The van der Waals surface area contributed by atoms with Crippen LogP contribution >= 0.6 is 0 Å². The minimum absolute atomic E-state index is 0.0638. The lowest BCUT2D eigenvalue weighted by atomic mass is 10.0. The van der Waals surface area contributed by atoms with Crippen LogP contribution in [-0.4, -0.2) is 17.9 Å². The maximum atomic E-state index is 11.6. The molecule has 20 heavy (non-hydrogen) atoms. The molecular formula is C17H16N2O. The summed E-state index contributed by atoms with van der Waals surface area (Å²) in [5, 5.41) is 3.81. The van der Waals surface area contributed by atoms with Gasteiger partial charge in [-0.15, -0.1) is 0 Å². The Morgan fingerprint density at radius 1 is 1.15 bits per heavy atom. The van der Waals surface area contributed by atoms with Crippen molar-refractivity contribution in [2.24, 2.45) is 0 Å². The zero-order chi connectivity index (χ0) is 13.9. The van der Waals surface area contributed by atoms with Gasteiger partial charge in [0.2, 0.25) is 0 Å². The zero-order valence-electron chi connectivity index (χ0n) is 11.3. The number of H-pyrrole nitrogens is 1. The fraction of sp³-hybridized carbons (Fsp3) is 0.118. The van der Waals surface area contributed by atoms with Gasteiger partial charge in [-0.1, -0.05) is 36.4 Å². The normalized spacial score (nSPS) is 10.7. The SMILES string of the molecule is CNC(=O)c1ccc2c(Cc3ccccc3)c[nH]c2c1. The highest BCUT2D eigenvalue weighted by atomic mass is 16.1. The average molecular weight is 264 g/mol. The number of aromatic nitrogens is 1. The minimum Gasteiger partial charge on any atom is -0.361 e. The Kier molecular flexibility index (Phi) is 3.25. The van der Waals surface area contributed by atoms with Gasteiger partial charge in [0.1, 0.15) is 0 Å². The van der Waals surface area contributed by atoms with Crippen LogP contribution in [0.15, 0.2) is 54.7 Å². The number of amides is 1. The van der Waals surface area contributed by atoms with Gasteiger partial charge in [0.15, 0.2) is 0 Å². The molecule has 3 aromatic rings. The van der Waals surface area contributed by atoms with E-state index in [9.17, 15) is 4.79 Å². The molecule has 0 spiro atoms. The summed E-state index contributed by atoms with van der Waals surface area (Å²) in [4.78, 5) is 14.9. The van der Waals surface area contributed by atoms with Gasteiger partial charge in [-0.05, 0) is 29.7 Å². The molecule has 100 valence electrons. The monoisotopic (exact) mass is 264 g/mol. The van der Waals surface area contributed by atoms with Crippen LogP contribution in [0.3, 0.4) is 0 Å². The molecule has 0 aliphatic carbocycles. The largest absolute Gasteiger partial charge is 0.361 e. The van der Waals surface area contributed by atoms with Crippen LogP contribution in [0, 0.1) is 0 Å². The van der Waals surface area contributed by atoms with E-state index in [4.69, 9.17) is 0 Å². The summed E-state index contributed by atoms with van der Waals surface area (Å²) in [6.45, 7) is 0. The molecule has 0 unspecified atom stereocenters. The number of hydrogen-bond acceptors (Lipinski definition) is 1. The van der Waals surface area contributed by atoms with E-state index < -0.39 is 0 Å². The first kappa shape index (κ1) is 12.5. The first-order valence-corrected chi connectivity index (χ1v) is 6.64. The van der Waals surface area contributed by atoms with Crippen LogP contribution in [0.25, 0.3) is 10.9 Å². The van der Waals surface area contributed by atoms with Gasteiger partial charge in [-0.3, -0.25) is 4.79 Å². The molecule has 0 radical (unpaired) electrons. The van der Waals surface area contributed by atoms with Gasteiger partial charge in [0, 0.05) is 29.7 Å². The molecule has 0 aliphatic heterocycles. The predicted octanol–water partition coefficient (Wildman–Crippen LogP) is 3.12.